The van der Waals surface area contributed by atoms with Gasteiger partial charge in [-0.2, -0.15) is 0 Å². The maximum atomic E-state index is 12.0. The maximum absolute atomic E-state index is 12.0. The van der Waals surface area contributed by atoms with E-state index < -0.39 is 21.8 Å². The first-order valence-electron chi connectivity index (χ1n) is 8.75. The molecule has 0 aliphatic heterocycles. The van der Waals surface area contributed by atoms with Gasteiger partial charge in [0.1, 0.15) is 5.75 Å². The van der Waals surface area contributed by atoms with E-state index in [1.54, 1.807) is 30.3 Å². The van der Waals surface area contributed by atoms with E-state index in [-0.39, 0.29) is 24.5 Å². The molecule has 0 aliphatic rings. The minimum atomic E-state index is -3.67. The van der Waals surface area contributed by atoms with Crippen molar-refractivity contribution in [3.8, 4) is 5.75 Å². The van der Waals surface area contributed by atoms with Crippen molar-refractivity contribution >= 4 is 21.8 Å². The van der Waals surface area contributed by atoms with Crippen molar-refractivity contribution in [2.24, 2.45) is 0 Å². The van der Waals surface area contributed by atoms with E-state index >= 15 is 0 Å². The largest absolute Gasteiger partial charge is 0.484 e. The molecule has 9 heteroatoms. The zero-order valence-corrected chi connectivity index (χ0v) is 16.3. The van der Waals surface area contributed by atoms with Crippen molar-refractivity contribution in [3.63, 3.8) is 0 Å². The Morgan fingerprint density at radius 1 is 0.929 bits per heavy atom. The number of carbonyl (C=O) groups excluding carboxylic acids is 2. The van der Waals surface area contributed by atoms with E-state index in [0.29, 0.717) is 5.75 Å². The number of nitrogens with one attached hydrogen (secondary N) is 3. The quantitative estimate of drug-likeness (QED) is 0.542. The van der Waals surface area contributed by atoms with Crippen molar-refractivity contribution in [2.75, 3.05) is 13.2 Å². The molecule has 0 radical (unpaired) electrons. The molecule has 28 heavy (non-hydrogen) atoms. The van der Waals surface area contributed by atoms with Crippen LogP contribution in [0.5, 0.6) is 5.75 Å². The first kappa shape index (κ1) is 21.4. The van der Waals surface area contributed by atoms with Crippen LogP contribution in [-0.2, 0) is 26.0 Å². The summed E-state index contributed by atoms with van der Waals surface area (Å²) in [6.07, 6.45) is 0.778. The smallest absolute Gasteiger partial charge is 0.276 e. The number of amides is 2. The van der Waals surface area contributed by atoms with Crippen LogP contribution in [-0.4, -0.2) is 33.4 Å². The molecule has 0 atom stereocenters. The number of sulfonamides is 1. The first-order valence-corrected chi connectivity index (χ1v) is 10.2. The van der Waals surface area contributed by atoms with Gasteiger partial charge in [-0.15, -0.1) is 0 Å². The number of ether oxygens (including phenoxy) is 1. The Bertz CT molecular complexity index is 884. The number of hydrogen-bond acceptors (Lipinski definition) is 5. The van der Waals surface area contributed by atoms with Gasteiger partial charge in [-0.3, -0.25) is 20.4 Å². The monoisotopic (exact) mass is 405 g/mol. The highest BCUT2D eigenvalue weighted by atomic mass is 32.2. The Labute approximate surface area is 164 Å². The van der Waals surface area contributed by atoms with Crippen molar-refractivity contribution in [1.29, 1.82) is 0 Å². The first-order chi connectivity index (χ1) is 13.4. The van der Waals surface area contributed by atoms with Gasteiger partial charge in [0.15, 0.2) is 6.61 Å². The van der Waals surface area contributed by atoms with E-state index in [1.807, 2.05) is 19.1 Å². The summed E-state index contributed by atoms with van der Waals surface area (Å²) in [6.45, 7) is 1.68. The van der Waals surface area contributed by atoms with Crippen molar-refractivity contribution in [3.05, 3.63) is 60.2 Å². The van der Waals surface area contributed by atoms with Crippen LogP contribution < -0.4 is 20.3 Å². The summed E-state index contributed by atoms with van der Waals surface area (Å²) < 4.78 is 31.7. The van der Waals surface area contributed by atoms with E-state index in [0.717, 1.165) is 12.0 Å². The average molecular weight is 405 g/mol. The fourth-order valence-electron chi connectivity index (χ4n) is 2.19. The lowest BCUT2D eigenvalue weighted by molar-refractivity contribution is -0.129. The lowest BCUT2D eigenvalue weighted by Gasteiger charge is -2.10. The summed E-state index contributed by atoms with van der Waals surface area (Å²) in [7, 11) is -3.67. The molecule has 0 aromatic heterocycles. The number of hydrazine groups is 1. The average Bonchev–Trinajstić information content (AvgIpc) is 2.71. The van der Waals surface area contributed by atoms with E-state index in [9.17, 15) is 18.0 Å². The van der Waals surface area contributed by atoms with Crippen LogP contribution in [0.2, 0.25) is 0 Å². The Morgan fingerprint density at radius 3 is 2.21 bits per heavy atom. The fourth-order valence-corrected chi connectivity index (χ4v) is 3.24. The molecule has 3 N–H and O–H groups in total. The number of carbonyl (C=O) groups is 2. The maximum Gasteiger partial charge on any atom is 0.276 e. The molecule has 0 saturated heterocycles. The Morgan fingerprint density at radius 2 is 1.57 bits per heavy atom. The summed E-state index contributed by atoms with van der Waals surface area (Å²) in [4.78, 5) is 23.5. The molecule has 0 spiro atoms. The summed E-state index contributed by atoms with van der Waals surface area (Å²) in [5, 5.41) is 0. The van der Waals surface area contributed by atoms with Gasteiger partial charge in [-0.05, 0) is 36.2 Å². The number of aryl methyl sites for hydroxylation is 1. The third-order valence-electron chi connectivity index (χ3n) is 3.74. The number of rotatable bonds is 9. The van der Waals surface area contributed by atoms with Crippen LogP contribution in [0, 0.1) is 0 Å². The van der Waals surface area contributed by atoms with Crippen LogP contribution in [0.3, 0.4) is 0 Å². The van der Waals surface area contributed by atoms with Crippen molar-refractivity contribution in [2.45, 2.75) is 24.7 Å². The lowest BCUT2D eigenvalue weighted by Crippen LogP contribution is -2.44. The molecule has 2 aromatic rings. The van der Waals surface area contributed by atoms with Gasteiger partial charge in [-0.25, -0.2) is 13.1 Å². The predicted molar refractivity (Wildman–Crippen MR) is 104 cm³/mol. The lowest BCUT2D eigenvalue weighted by atomic mass is 10.2. The fraction of sp³-hybridized carbons (Fsp3) is 0.263. The van der Waals surface area contributed by atoms with Crippen LogP contribution >= 0.6 is 0 Å². The highest BCUT2D eigenvalue weighted by Crippen LogP contribution is 2.12. The normalized spacial score (nSPS) is 10.9. The number of hydrogen-bond donors (Lipinski definition) is 3. The molecule has 0 saturated carbocycles. The van der Waals surface area contributed by atoms with Crippen LogP contribution in [0.4, 0.5) is 0 Å². The Hall–Kier alpha value is -2.91. The van der Waals surface area contributed by atoms with Gasteiger partial charge in [0.25, 0.3) is 5.91 Å². The standard InChI is InChI=1S/C19H23N3O5S/c1-2-15-8-10-16(11-9-15)27-14-19(24)22-21-18(23)12-13-20-28(25,26)17-6-4-3-5-7-17/h3-11,20H,2,12-14H2,1H3,(H,21,23)(H,22,24). The van der Waals surface area contributed by atoms with Gasteiger partial charge >= 0.3 is 0 Å². The minimum Gasteiger partial charge on any atom is -0.484 e. The molecule has 0 heterocycles. The molecule has 150 valence electrons. The second kappa shape index (κ2) is 10.4. The molecule has 0 fully saturated rings. The molecule has 2 aromatic carbocycles. The highest BCUT2D eigenvalue weighted by Gasteiger charge is 2.13. The van der Waals surface area contributed by atoms with Gasteiger partial charge in [0.05, 0.1) is 4.90 Å². The molecule has 0 unspecified atom stereocenters. The molecule has 0 bridgehead atoms. The van der Waals surface area contributed by atoms with Gasteiger partial charge in [-0.1, -0.05) is 37.3 Å². The molecule has 0 aliphatic carbocycles. The van der Waals surface area contributed by atoms with Gasteiger partial charge < -0.3 is 4.74 Å². The third-order valence-corrected chi connectivity index (χ3v) is 5.22. The van der Waals surface area contributed by atoms with Crippen molar-refractivity contribution < 1.29 is 22.7 Å². The SMILES string of the molecule is CCc1ccc(OCC(=O)NNC(=O)CCNS(=O)(=O)c2ccccc2)cc1. The van der Waals surface area contributed by atoms with Crippen LogP contribution in [0.15, 0.2) is 59.5 Å². The summed E-state index contributed by atoms with van der Waals surface area (Å²) in [5.74, 6) is -0.511. The predicted octanol–water partition coefficient (Wildman–Crippen LogP) is 1.14. The molecule has 2 amide bonds. The van der Waals surface area contributed by atoms with Crippen molar-refractivity contribution in [1.82, 2.24) is 15.6 Å². The van der Waals surface area contributed by atoms with Crippen LogP contribution in [0.1, 0.15) is 18.9 Å². The summed E-state index contributed by atoms with van der Waals surface area (Å²) in [5.41, 5.74) is 5.58. The second-order valence-corrected chi connectivity index (χ2v) is 7.61. The van der Waals surface area contributed by atoms with E-state index in [2.05, 4.69) is 15.6 Å². The third kappa shape index (κ3) is 7.01. The Kier molecular flexibility index (Phi) is 7.97. The minimum absolute atomic E-state index is 0.0980. The topological polar surface area (TPSA) is 114 Å². The summed E-state index contributed by atoms with van der Waals surface area (Å²) in [6, 6.07) is 15.2. The summed E-state index contributed by atoms with van der Waals surface area (Å²) >= 11 is 0. The molecule has 2 rings (SSSR count). The van der Waals surface area contributed by atoms with E-state index in [4.69, 9.17) is 4.74 Å². The molecular weight excluding hydrogens is 382 g/mol. The zero-order chi connectivity index (χ0) is 20.4. The van der Waals surface area contributed by atoms with Crippen LogP contribution in [0.25, 0.3) is 0 Å². The molecule has 8 nitrogen and oxygen atoms in total. The molecular formula is C19H23N3O5S. The van der Waals surface area contributed by atoms with E-state index in [1.165, 1.54) is 12.1 Å². The number of benzene rings is 2. The van der Waals surface area contributed by atoms with Gasteiger partial charge in [0, 0.05) is 13.0 Å². The zero-order valence-electron chi connectivity index (χ0n) is 15.5. The second-order valence-electron chi connectivity index (χ2n) is 5.84. The van der Waals surface area contributed by atoms with Gasteiger partial charge in [0.2, 0.25) is 15.9 Å². The Balaban J connectivity index is 1.65. The highest BCUT2D eigenvalue weighted by molar-refractivity contribution is 7.89.